The van der Waals surface area contributed by atoms with Crippen molar-refractivity contribution in [3.8, 4) is 17.2 Å². The Morgan fingerprint density at radius 1 is 1.00 bits per heavy atom. The van der Waals surface area contributed by atoms with E-state index < -0.39 is 6.10 Å². The fourth-order valence-corrected chi connectivity index (χ4v) is 3.66. The van der Waals surface area contributed by atoms with E-state index in [0.29, 0.717) is 11.6 Å². The van der Waals surface area contributed by atoms with Gasteiger partial charge in [-0.15, -0.1) is 10.2 Å². The van der Waals surface area contributed by atoms with Gasteiger partial charge < -0.3 is 14.5 Å². The second kappa shape index (κ2) is 9.28. The van der Waals surface area contributed by atoms with Crippen LogP contribution in [0.4, 0.5) is 5.69 Å². The molecule has 3 aromatic carbocycles. The van der Waals surface area contributed by atoms with Crippen LogP contribution < -0.4 is 10.1 Å². The molecule has 1 N–H and O–H groups in total. The van der Waals surface area contributed by atoms with Crippen LogP contribution in [0.5, 0.6) is 5.75 Å². The lowest BCUT2D eigenvalue weighted by molar-refractivity contribution is -0.122. The van der Waals surface area contributed by atoms with Crippen molar-refractivity contribution in [2.75, 3.05) is 5.32 Å². The molecule has 0 unspecified atom stereocenters. The van der Waals surface area contributed by atoms with Crippen LogP contribution >= 0.6 is 11.8 Å². The highest BCUT2D eigenvalue weighted by Crippen LogP contribution is 2.33. The first kappa shape index (κ1) is 19.7. The van der Waals surface area contributed by atoms with E-state index in [1.165, 1.54) is 6.39 Å². The zero-order valence-corrected chi connectivity index (χ0v) is 17.0. The first-order chi connectivity index (χ1) is 14.7. The highest BCUT2D eigenvalue weighted by molar-refractivity contribution is 7.99. The van der Waals surface area contributed by atoms with Crippen molar-refractivity contribution in [3.05, 3.63) is 85.3 Å². The molecule has 4 aromatic rings. The van der Waals surface area contributed by atoms with Crippen LogP contribution in [0.2, 0.25) is 0 Å². The van der Waals surface area contributed by atoms with Gasteiger partial charge in [-0.1, -0.05) is 42.1 Å². The maximum Gasteiger partial charge on any atom is 0.265 e. The molecule has 4 rings (SSSR count). The molecule has 0 aliphatic rings. The summed E-state index contributed by atoms with van der Waals surface area (Å²) in [4.78, 5) is 14.8. The maximum atomic E-state index is 12.7. The van der Waals surface area contributed by atoms with Gasteiger partial charge in [-0.25, -0.2) is 0 Å². The topological polar surface area (TPSA) is 77.2 Å². The Bertz CT molecular complexity index is 1100. The summed E-state index contributed by atoms with van der Waals surface area (Å²) in [5.74, 6) is 0.782. The van der Waals surface area contributed by atoms with Crippen molar-refractivity contribution < 1.29 is 13.9 Å². The Balaban J connectivity index is 1.40. The third-order valence-corrected chi connectivity index (χ3v) is 5.34. The van der Waals surface area contributed by atoms with E-state index in [9.17, 15) is 4.79 Å². The Labute approximate surface area is 178 Å². The van der Waals surface area contributed by atoms with Gasteiger partial charge >= 0.3 is 0 Å². The van der Waals surface area contributed by atoms with Crippen molar-refractivity contribution in [3.63, 3.8) is 0 Å². The number of ether oxygens (including phenoxy) is 1. The molecule has 0 spiro atoms. The minimum atomic E-state index is -0.672. The Morgan fingerprint density at radius 2 is 1.73 bits per heavy atom. The van der Waals surface area contributed by atoms with Crippen LogP contribution in [-0.2, 0) is 4.79 Å². The number of carbonyl (C=O) groups excluding carboxylic acids is 1. The third-order valence-electron chi connectivity index (χ3n) is 4.26. The fraction of sp³-hybridized carbons (Fsp3) is 0.0870. The number of benzene rings is 3. The van der Waals surface area contributed by atoms with Crippen molar-refractivity contribution in [1.82, 2.24) is 10.2 Å². The second-order valence-electron chi connectivity index (χ2n) is 6.43. The molecular formula is C23H19N3O3S. The lowest BCUT2D eigenvalue weighted by Gasteiger charge is -2.16. The van der Waals surface area contributed by atoms with E-state index in [1.54, 1.807) is 43.0 Å². The van der Waals surface area contributed by atoms with Gasteiger partial charge in [0.15, 0.2) is 6.10 Å². The van der Waals surface area contributed by atoms with Crippen molar-refractivity contribution in [2.24, 2.45) is 0 Å². The molecule has 30 heavy (non-hydrogen) atoms. The second-order valence-corrected chi connectivity index (χ2v) is 7.54. The van der Waals surface area contributed by atoms with Gasteiger partial charge in [-0.3, -0.25) is 4.79 Å². The lowest BCUT2D eigenvalue weighted by atomic mass is 10.2. The molecule has 0 fully saturated rings. The quantitative estimate of drug-likeness (QED) is 0.440. The molecule has 150 valence electrons. The molecule has 0 saturated heterocycles. The van der Waals surface area contributed by atoms with Gasteiger partial charge in [0.2, 0.25) is 12.3 Å². The van der Waals surface area contributed by atoms with Crippen LogP contribution in [0.3, 0.4) is 0 Å². The molecule has 1 amide bonds. The number of aromatic nitrogens is 2. The molecule has 1 aromatic heterocycles. The molecule has 0 radical (unpaired) electrons. The maximum absolute atomic E-state index is 12.7. The number of rotatable bonds is 7. The Morgan fingerprint density at radius 3 is 2.47 bits per heavy atom. The molecule has 1 heterocycles. The van der Waals surface area contributed by atoms with Crippen LogP contribution in [0.25, 0.3) is 11.5 Å². The summed E-state index contributed by atoms with van der Waals surface area (Å²) in [7, 11) is 0. The molecule has 7 heteroatoms. The third kappa shape index (κ3) is 4.87. The van der Waals surface area contributed by atoms with Gasteiger partial charge in [-0.05, 0) is 55.5 Å². The van der Waals surface area contributed by atoms with Crippen LogP contribution in [0.1, 0.15) is 6.92 Å². The Hall–Kier alpha value is -3.58. The SMILES string of the molecule is C[C@@H](Oc1ccc(-c2nnco2)cc1)C(=O)Nc1ccccc1Sc1ccccc1. The number of nitrogens with zero attached hydrogens (tertiary/aromatic N) is 2. The summed E-state index contributed by atoms with van der Waals surface area (Å²) in [5.41, 5.74) is 1.53. The summed E-state index contributed by atoms with van der Waals surface area (Å²) in [5, 5.41) is 10.5. The summed E-state index contributed by atoms with van der Waals surface area (Å²) >= 11 is 1.60. The first-order valence-electron chi connectivity index (χ1n) is 9.35. The summed E-state index contributed by atoms with van der Waals surface area (Å²) in [6.45, 7) is 1.72. The van der Waals surface area contributed by atoms with Gasteiger partial charge in [0, 0.05) is 15.4 Å². The van der Waals surface area contributed by atoms with E-state index in [4.69, 9.17) is 9.15 Å². The zero-order valence-electron chi connectivity index (χ0n) is 16.2. The summed E-state index contributed by atoms with van der Waals surface area (Å²) in [6.07, 6.45) is 0.606. The van der Waals surface area contributed by atoms with Gasteiger partial charge in [0.25, 0.3) is 5.91 Å². The highest BCUT2D eigenvalue weighted by Gasteiger charge is 2.17. The predicted molar refractivity (Wildman–Crippen MR) is 115 cm³/mol. The lowest BCUT2D eigenvalue weighted by Crippen LogP contribution is -2.30. The van der Waals surface area contributed by atoms with E-state index in [0.717, 1.165) is 21.0 Å². The highest BCUT2D eigenvalue weighted by atomic mass is 32.2. The number of hydrogen-bond donors (Lipinski definition) is 1. The minimum Gasteiger partial charge on any atom is -0.481 e. The first-order valence-corrected chi connectivity index (χ1v) is 10.2. The zero-order chi connectivity index (χ0) is 20.8. The predicted octanol–water partition coefficient (Wildman–Crippen LogP) is 5.29. The van der Waals surface area contributed by atoms with Crippen molar-refractivity contribution in [1.29, 1.82) is 0 Å². The van der Waals surface area contributed by atoms with Gasteiger partial charge in [-0.2, -0.15) is 0 Å². The van der Waals surface area contributed by atoms with Crippen molar-refractivity contribution in [2.45, 2.75) is 22.8 Å². The number of para-hydroxylation sites is 1. The summed E-state index contributed by atoms with van der Waals surface area (Å²) in [6, 6.07) is 24.9. The van der Waals surface area contributed by atoms with E-state index in [2.05, 4.69) is 15.5 Å². The van der Waals surface area contributed by atoms with Crippen LogP contribution in [0, 0.1) is 0 Å². The molecule has 0 bridgehead atoms. The van der Waals surface area contributed by atoms with Crippen LogP contribution in [0.15, 0.2) is 99.5 Å². The average Bonchev–Trinajstić information content (AvgIpc) is 3.31. The molecular weight excluding hydrogens is 398 g/mol. The molecule has 6 nitrogen and oxygen atoms in total. The Kier molecular flexibility index (Phi) is 6.10. The molecule has 0 aliphatic carbocycles. The van der Waals surface area contributed by atoms with E-state index >= 15 is 0 Å². The van der Waals surface area contributed by atoms with Crippen molar-refractivity contribution >= 4 is 23.4 Å². The normalized spacial score (nSPS) is 11.6. The number of nitrogens with one attached hydrogen (secondary N) is 1. The average molecular weight is 417 g/mol. The standard InChI is InChI=1S/C23H19N3O3S/c1-16(29-18-13-11-17(12-14-18)23-26-24-15-28-23)22(27)25-20-9-5-6-10-21(20)30-19-7-3-2-4-8-19/h2-16H,1H3,(H,25,27)/t16-/m1/s1. The largest absolute Gasteiger partial charge is 0.481 e. The number of anilines is 1. The monoisotopic (exact) mass is 417 g/mol. The summed E-state index contributed by atoms with van der Waals surface area (Å²) < 4.78 is 11.0. The number of hydrogen-bond acceptors (Lipinski definition) is 6. The number of amides is 1. The van der Waals surface area contributed by atoms with E-state index in [1.807, 2.05) is 54.6 Å². The smallest absolute Gasteiger partial charge is 0.265 e. The minimum absolute atomic E-state index is 0.225. The fourth-order valence-electron chi connectivity index (χ4n) is 2.74. The number of carbonyl (C=O) groups is 1. The molecule has 0 saturated carbocycles. The van der Waals surface area contributed by atoms with Gasteiger partial charge in [0.05, 0.1) is 5.69 Å². The van der Waals surface area contributed by atoms with Gasteiger partial charge in [0.1, 0.15) is 5.75 Å². The van der Waals surface area contributed by atoms with Crippen LogP contribution in [-0.4, -0.2) is 22.2 Å². The molecule has 1 atom stereocenters. The van der Waals surface area contributed by atoms with E-state index in [-0.39, 0.29) is 5.91 Å². The molecule has 0 aliphatic heterocycles.